The molecule has 0 unspecified atom stereocenters. The number of benzene rings is 3. The number of rotatable bonds is 5. The Kier molecular flexibility index (Phi) is 6.50. The van der Waals surface area contributed by atoms with Crippen LogP contribution in [0.1, 0.15) is 0 Å². The van der Waals surface area contributed by atoms with Crippen LogP contribution in [0.5, 0.6) is 0 Å². The van der Waals surface area contributed by atoms with Gasteiger partial charge in [0, 0.05) is 41.9 Å². The van der Waals surface area contributed by atoms with Crippen LogP contribution < -0.4 is 5.32 Å². The molecule has 3 aromatic rings. The van der Waals surface area contributed by atoms with Crippen molar-refractivity contribution in [3.8, 4) is 0 Å². The number of hydrogen-bond donors (Lipinski definition) is 1. The van der Waals surface area contributed by atoms with Crippen molar-refractivity contribution in [1.29, 1.82) is 0 Å². The molecule has 6 nitrogen and oxygen atoms in total. The van der Waals surface area contributed by atoms with Crippen LogP contribution in [0, 0.1) is 0 Å². The predicted octanol–water partition coefficient (Wildman–Crippen LogP) is 4.09. The quantitative estimate of drug-likeness (QED) is 0.600. The zero-order chi connectivity index (χ0) is 22.0. The Morgan fingerprint density at radius 2 is 1.52 bits per heavy atom. The average molecular weight is 478 g/mol. The standard InChI is InChI=1S/C22H21Cl2N3O3S/c23-18-12-19(24)14-20(13-18)25-22(28)15-26-7-9-27(10-8-26)31(29,30)21-6-5-16-3-1-2-4-17(16)11-21/h1-6,11-14H,7-10,15H2,(H,25,28). The molecule has 162 valence electrons. The summed E-state index contributed by atoms with van der Waals surface area (Å²) in [5.74, 6) is -0.204. The first-order chi connectivity index (χ1) is 14.8. The number of nitrogens with zero attached hydrogens (tertiary/aromatic N) is 2. The molecule has 1 heterocycles. The molecule has 1 N–H and O–H groups in total. The number of anilines is 1. The van der Waals surface area contributed by atoms with Crippen LogP contribution in [-0.4, -0.2) is 56.3 Å². The van der Waals surface area contributed by atoms with Crippen LogP contribution >= 0.6 is 23.2 Å². The van der Waals surface area contributed by atoms with Crippen LogP contribution in [0.4, 0.5) is 5.69 Å². The van der Waals surface area contributed by atoms with Gasteiger partial charge in [-0.15, -0.1) is 0 Å². The molecule has 0 bridgehead atoms. The highest BCUT2D eigenvalue weighted by Gasteiger charge is 2.29. The minimum absolute atomic E-state index is 0.161. The molecule has 1 amide bonds. The largest absolute Gasteiger partial charge is 0.325 e. The third-order valence-corrected chi connectivity index (χ3v) is 7.53. The van der Waals surface area contributed by atoms with E-state index in [0.29, 0.717) is 41.9 Å². The van der Waals surface area contributed by atoms with E-state index in [1.54, 1.807) is 30.3 Å². The molecule has 1 fully saturated rings. The Morgan fingerprint density at radius 1 is 0.871 bits per heavy atom. The second kappa shape index (κ2) is 9.14. The number of carbonyl (C=O) groups is 1. The molecule has 0 radical (unpaired) electrons. The summed E-state index contributed by atoms with van der Waals surface area (Å²) in [7, 11) is -3.59. The van der Waals surface area contributed by atoms with E-state index in [1.807, 2.05) is 35.2 Å². The minimum atomic E-state index is -3.59. The summed E-state index contributed by atoms with van der Waals surface area (Å²) < 4.78 is 27.6. The molecule has 1 aliphatic heterocycles. The summed E-state index contributed by atoms with van der Waals surface area (Å²) in [5.41, 5.74) is 0.528. The highest BCUT2D eigenvalue weighted by molar-refractivity contribution is 7.89. The lowest BCUT2D eigenvalue weighted by molar-refractivity contribution is -0.117. The summed E-state index contributed by atoms with van der Waals surface area (Å²) in [6.07, 6.45) is 0. The molecule has 9 heteroatoms. The number of carbonyl (C=O) groups excluding carboxylic acids is 1. The fourth-order valence-corrected chi connectivity index (χ4v) is 5.62. The minimum Gasteiger partial charge on any atom is -0.325 e. The van der Waals surface area contributed by atoms with Gasteiger partial charge in [-0.2, -0.15) is 4.31 Å². The van der Waals surface area contributed by atoms with Crippen LogP contribution in [0.25, 0.3) is 10.8 Å². The number of hydrogen-bond acceptors (Lipinski definition) is 4. The van der Waals surface area contributed by atoms with Crippen LogP contribution in [0.2, 0.25) is 10.0 Å². The van der Waals surface area contributed by atoms with Gasteiger partial charge in [-0.1, -0.05) is 53.5 Å². The lowest BCUT2D eigenvalue weighted by Crippen LogP contribution is -2.50. The molecule has 0 aliphatic carbocycles. The second-order valence-electron chi connectivity index (χ2n) is 7.40. The van der Waals surface area contributed by atoms with E-state index in [4.69, 9.17) is 23.2 Å². The SMILES string of the molecule is O=C(CN1CCN(S(=O)(=O)c2ccc3ccccc3c2)CC1)Nc1cc(Cl)cc(Cl)c1. The first-order valence-corrected chi connectivity index (χ1v) is 12.0. The van der Waals surface area contributed by atoms with Gasteiger partial charge in [-0.25, -0.2) is 8.42 Å². The van der Waals surface area contributed by atoms with Crippen molar-refractivity contribution in [2.45, 2.75) is 4.90 Å². The Balaban J connectivity index is 1.36. The first-order valence-electron chi connectivity index (χ1n) is 9.78. The van der Waals surface area contributed by atoms with Gasteiger partial charge in [-0.05, 0) is 41.1 Å². The number of amides is 1. The van der Waals surface area contributed by atoms with Crippen LogP contribution in [0.15, 0.2) is 65.6 Å². The predicted molar refractivity (Wildman–Crippen MR) is 124 cm³/mol. The molecule has 0 atom stereocenters. The van der Waals surface area contributed by atoms with Crippen molar-refractivity contribution in [2.75, 3.05) is 38.0 Å². The number of fused-ring (bicyclic) bond motifs is 1. The van der Waals surface area contributed by atoms with Gasteiger partial charge in [0.1, 0.15) is 0 Å². The van der Waals surface area contributed by atoms with E-state index >= 15 is 0 Å². The molecule has 1 saturated heterocycles. The van der Waals surface area contributed by atoms with Gasteiger partial charge < -0.3 is 5.32 Å². The maximum atomic E-state index is 13.1. The second-order valence-corrected chi connectivity index (χ2v) is 10.2. The van der Waals surface area contributed by atoms with E-state index in [-0.39, 0.29) is 17.3 Å². The van der Waals surface area contributed by atoms with Crippen LogP contribution in [-0.2, 0) is 14.8 Å². The summed E-state index contributed by atoms with van der Waals surface area (Å²) >= 11 is 11.9. The average Bonchev–Trinajstić information content (AvgIpc) is 2.73. The normalized spacial score (nSPS) is 15.8. The van der Waals surface area contributed by atoms with E-state index in [9.17, 15) is 13.2 Å². The smallest absolute Gasteiger partial charge is 0.243 e. The lowest BCUT2D eigenvalue weighted by Gasteiger charge is -2.33. The van der Waals surface area contributed by atoms with E-state index in [2.05, 4.69) is 5.32 Å². The molecule has 0 saturated carbocycles. The van der Waals surface area contributed by atoms with Gasteiger partial charge >= 0.3 is 0 Å². The molecular formula is C22H21Cl2N3O3S. The van der Waals surface area contributed by atoms with Gasteiger partial charge in [0.05, 0.1) is 11.4 Å². The summed E-state index contributed by atoms with van der Waals surface area (Å²) in [6, 6.07) is 17.7. The highest BCUT2D eigenvalue weighted by Crippen LogP contribution is 2.24. The van der Waals surface area contributed by atoms with E-state index in [1.165, 1.54) is 4.31 Å². The molecular weight excluding hydrogens is 457 g/mol. The molecule has 4 rings (SSSR count). The van der Waals surface area contributed by atoms with E-state index in [0.717, 1.165) is 10.8 Å². The molecule has 1 aliphatic rings. The molecule has 0 spiro atoms. The third kappa shape index (κ3) is 5.19. The Bertz CT molecular complexity index is 1210. The summed E-state index contributed by atoms with van der Waals surface area (Å²) in [4.78, 5) is 14.6. The van der Waals surface area contributed by atoms with Crippen LogP contribution in [0.3, 0.4) is 0 Å². The van der Waals surface area contributed by atoms with Crippen molar-refractivity contribution in [3.05, 3.63) is 70.7 Å². The number of piperazine rings is 1. The van der Waals surface area contributed by atoms with Crippen molar-refractivity contribution < 1.29 is 13.2 Å². The topological polar surface area (TPSA) is 69.7 Å². The summed E-state index contributed by atoms with van der Waals surface area (Å²) in [6.45, 7) is 1.75. The van der Waals surface area contributed by atoms with E-state index < -0.39 is 10.0 Å². The maximum Gasteiger partial charge on any atom is 0.243 e. The van der Waals surface area contributed by atoms with Crippen molar-refractivity contribution in [3.63, 3.8) is 0 Å². The number of sulfonamides is 1. The fraction of sp³-hybridized carbons (Fsp3) is 0.227. The fourth-order valence-electron chi connectivity index (χ4n) is 3.63. The monoisotopic (exact) mass is 477 g/mol. The number of nitrogens with one attached hydrogen (secondary N) is 1. The zero-order valence-corrected chi connectivity index (χ0v) is 18.9. The third-order valence-electron chi connectivity index (χ3n) is 5.20. The Morgan fingerprint density at radius 3 is 2.19 bits per heavy atom. The van der Waals surface area contributed by atoms with Gasteiger partial charge in [-0.3, -0.25) is 9.69 Å². The molecule has 3 aromatic carbocycles. The van der Waals surface area contributed by atoms with Gasteiger partial charge in [0.25, 0.3) is 0 Å². The van der Waals surface area contributed by atoms with Crippen molar-refractivity contribution in [2.24, 2.45) is 0 Å². The van der Waals surface area contributed by atoms with Crippen molar-refractivity contribution >= 4 is 55.6 Å². The maximum absolute atomic E-state index is 13.1. The summed E-state index contributed by atoms with van der Waals surface area (Å²) in [5, 5.41) is 5.54. The molecule has 31 heavy (non-hydrogen) atoms. The number of halogens is 2. The Hall–Kier alpha value is -2.16. The molecule has 0 aromatic heterocycles. The van der Waals surface area contributed by atoms with Gasteiger partial charge in [0.15, 0.2) is 0 Å². The lowest BCUT2D eigenvalue weighted by atomic mass is 10.1. The first kappa shape index (κ1) is 22.0. The zero-order valence-electron chi connectivity index (χ0n) is 16.6. The highest BCUT2D eigenvalue weighted by atomic mass is 35.5. The Labute approximate surface area is 191 Å². The van der Waals surface area contributed by atoms with Crippen molar-refractivity contribution in [1.82, 2.24) is 9.21 Å². The van der Waals surface area contributed by atoms with Gasteiger partial charge in [0.2, 0.25) is 15.9 Å².